The normalized spacial score (nSPS) is 18.3. The van der Waals surface area contributed by atoms with Crippen LogP contribution >= 0.6 is 0 Å². The molecule has 1 aliphatic rings. The van der Waals surface area contributed by atoms with Crippen LogP contribution in [-0.2, 0) is 4.79 Å². The number of hydrogen-bond acceptors (Lipinski definition) is 2. The van der Waals surface area contributed by atoms with Gasteiger partial charge in [-0.15, -0.1) is 0 Å². The molecule has 1 heterocycles. The highest BCUT2D eigenvalue weighted by Gasteiger charge is 2.19. The molecule has 2 N–H and O–H groups in total. The molecular formula is C20H23FN2O. The van der Waals surface area contributed by atoms with Crippen LogP contribution < -0.4 is 10.6 Å². The largest absolute Gasteiger partial charge is 0.345 e. The number of rotatable bonds is 6. The van der Waals surface area contributed by atoms with Crippen LogP contribution in [0, 0.1) is 11.7 Å². The number of carbonyl (C=O) groups excluding carboxylic acids is 1. The maximum atomic E-state index is 13.2. The first-order valence-corrected chi connectivity index (χ1v) is 8.53. The highest BCUT2D eigenvalue weighted by molar-refractivity contribution is 5.77. The number of nitrogens with one attached hydrogen (secondary N) is 2. The molecule has 4 heteroatoms. The molecule has 2 unspecified atom stereocenters. The Balaban J connectivity index is 1.70. The Hall–Kier alpha value is -2.20. The van der Waals surface area contributed by atoms with E-state index < -0.39 is 0 Å². The number of carbonyl (C=O) groups is 1. The molecular weight excluding hydrogens is 303 g/mol. The molecule has 2 aromatic carbocycles. The Morgan fingerprint density at radius 3 is 2.50 bits per heavy atom. The molecule has 1 saturated heterocycles. The summed E-state index contributed by atoms with van der Waals surface area (Å²) in [5.74, 6) is 0.363. The van der Waals surface area contributed by atoms with Gasteiger partial charge in [0.25, 0.3) is 0 Å². The zero-order chi connectivity index (χ0) is 16.8. The van der Waals surface area contributed by atoms with E-state index in [1.165, 1.54) is 12.1 Å². The first kappa shape index (κ1) is 16.7. The molecule has 1 aliphatic heterocycles. The average molecular weight is 326 g/mol. The molecule has 1 amide bonds. The molecule has 2 atom stereocenters. The van der Waals surface area contributed by atoms with Crippen molar-refractivity contribution in [1.82, 2.24) is 10.6 Å². The van der Waals surface area contributed by atoms with Crippen LogP contribution in [0.5, 0.6) is 0 Å². The molecule has 0 bridgehead atoms. The van der Waals surface area contributed by atoms with Crippen LogP contribution in [0.4, 0.5) is 4.39 Å². The second kappa shape index (κ2) is 8.06. The van der Waals surface area contributed by atoms with E-state index in [2.05, 4.69) is 10.6 Å². The van der Waals surface area contributed by atoms with Gasteiger partial charge < -0.3 is 10.6 Å². The quantitative estimate of drug-likeness (QED) is 0.854. The zero-order valence-electron chi connectivity index (χ0n) is 13.7. The van der Waals surface area contributed by atoms with E-state index in [1.54, 1.807) is 12.1 Å². The zero-order valence-corrected chi connectivity index (χ0v) is 13.7. The van der Waals surface area contributed by atoms with Crippen molar-refractivity contribution in [3.05, 3.63) is 71.5 Å². The van der Waals surface area contributed by atoms with Gasteiger partial charge in [-0.25, -0.2) is 4.39 Å². The first-order chi connectivity index (χ1) is 11.7. The predicted molar refractivity (Wildman–Crippen MR) is 93.0 cm³/mol. The highest BCUT2D eigenvalue weighted by atomic mass is 19.1. The number of benzene rings is 2. The van der Waals surface area contributed by atoms with Crippen molar-refractivity contribution in [3.63, 3.8) is 0 Å². The van der Waals surface area contributed by atoms with E-state index in [0.29, 0.717) is 12.3 Å². The van der Waals surface area contributed by atoms with Gasteiger partial charge in [0.15, 0.2) is 0 Å². The molecule has 0 aromatic heterocycles. The van der Waals surface area contributed by atoms with E-state index in [1.807, 2.05) is 30.3 Å². The summed E-state index contributed by atoms with van der Waals surface area (Å²) in [6.45, 7) is 2.06. The third-order valence-electron chi connectivity index (χ3n) is 4.58. The fourth-order valence-corrected chi connectivity index (χ4v) is 3.19. The van der Waals surface area contributed by atoms with Gasteiger partial charge in [-0.1, -0.05) is 42.5 Å². The molecule has 0 radical (unpaired) electrons. The van der Waals surface area contributed by atoms with Gasteiger partial charge in [-0.05, 0) is 55.1 Å². The number of hydrogen-bond donors (Lipinski definition) is 2. The minimum atomic E-state index is -0.273. The summed E-state index contributed by atoms with van der Waals surface area (Å²) in [7, 11) is 0. The Kier molecular flexibility index (Phi) is 5.59. The highest BCUT2D eigenvalue weighted by Crippen LogP contribution is 2.23. The van der Waals surface area contributed by atoms with Crippen molar-refractivity contribution in [3.8, 4) is 0 Å². The molecule has 0 spiro atoms. The summed E-state index contributed by atoms with van der Waals surface area (Å²) >= 11 is 0. The Morgan fingerprint density at radius 1 is 1.12 bits per heavy atom. The molecule has 3 rings (SSSR count). The maximum Gasteiger partial charge on any atom is 0.220 e. The molecule has 2 aromatic rings. The summed E-state index contributed by atoms with van der Waals surface area (Å²) in [4.78, 5) is 12.4. The molecule has 126 valence electrons. The lowest BCUT2D eigenvalue weighted by Gasteiger charge is -2.20. The molecule has 0 saturated carbocycles. The fraction of sp³-hybridized carbons (Fsp3) is 0.350. The van der Waals surface area contributed by atoms with Crippen molar-refractivity contribution in [1.29, 1.82) is 0 Å². The summed E-state index contributed by atoms with van der Waals surface area (Å²) in [5.41, 5.74) is 1.89. The molecule has 1 fully saturated rings. The lowest BCUT2D eigenvalue weighted by molar-refractivity contribution is -0.121. The Morgan fingerprint density at radius 2 is 1.83 bits per heavy atom. The van der Waals surface area contributed by atoms with Gasteiger partial charge in [0.05, 0.1) is 6.04 Å². The van der Waals surface area contributed by atoms with Crippen molar-refractivity contribution < 1.29 is 9.18 Å². The standard InChI is InChI=1S/C20H23FN2O/c21-18-9-7-17(8-10-18)20(16-4-2-1-3-5-16)23-19(24)11-6-15-12-13-22-14-15/h1-5,7-10,15,20,22H,6,11-14H2,(H,23,24). The topological polar surface area (TPSA) is 41.1 Å². The van der Waals surface area contributed by atoms with Crippen LogP contribution in [0.15, 0.2) is 54.6 Å². The van der Waals surface area contributed by atoms with Crippen LogP contribution in [-0.4, -0.2) is 19.0 Å². The third kappa shape index (κ3) is 4.42. The van der Waals surface area contributed by atoms with E-state index >= 15 is 0 Å². The van der Waals surface area contributed by atoms with E-state index in [4.69, 9.17) is 0 Å². The third-order valence-corrected chi connectivity index (χ3v) is 4.58. The van der Waals surface area contributed by atoms with Gasteiger partial charge in [0.1, 0.15) is 5.82 Å². The van der Waals surface area contributed by atoms with E-state index in [0.717, 1.165) is 37.1 Å². The monoisotopic (exact) mass is 326 g/mol. The van der Waals surface area contributed by atoms with Crippen LogP contribution in [0.2, 0.25) is 0 Å². The SMILES string of the molecule is O=C(CCC1CCNC1)NC(c1ccccc1)c1ccc(F)cc1. The maximum absolute atomic E-state index is 13.2. The summed E-state index contributed by atoms with van der Waals surface area (Å²) in [6, 6.07) is 15.9. The van der Waals surface area contributed by atoms with Crippen LogP contribution in [0.3, 0.4) is 0 Å². The van der Waals surface area contributed by atoms with Crippen molar-refractivity contribution >= 4 is 5.91 Å². The summed E-state index contributed by atoms with van der Waals surface area (Å²) < 4.78 is 13.2. The van der Waals surface area contributed by atoms with E-state index in [-0.39, 0.29) is 17.8 Å². The van der Waals surface area contributed by atoms with Crippen LogP contribution in [0.25, 0.3) is 0 Å². The molecule has 0 aliphatic carbocycles. The Labute approximate surface area is 142 Å². The van der Waals surface area contributed by atoms with Crippen molar-refractivity contribution in [2.75, 3.05) is 13.1 Å². The average Bonchev–Trinajstić information content (AvgIpc) is 3.13. The second-order valence-electron chi connectivity index (χ2n) is 6.36. The molecule has 3 nitrogen and oxygen atoms in total. The van der Waals surface area contributed by atoms with Crippen molar-refractivity contribution in [2.45, 2.75) is 25.3 Å². The first-order valence-electron chi connectivity index (χ1n) is 8.53. The van der Waals surface area contributed by atoms with Gasteiger partial charge >= 0.3 is 0 Å². The van der Waals surface area contributed by atoms with E-state index in [9.17, 15) is 9.18 Å². The van der Waals surface area contributed by atoms with Gasteiger partial charge in [-0.3, -0.25) is 4.79 Å². The number of halogens is 1. The fourth-order valence-electron chi connectivity index (χ4n) is 3.19. The van der Waals surface area contributed by atoms with Crippen molar-refractivity contribution in [2.24, 2.45) is 5.92 Å². The second-order valence-corrected chi connectivity index (χ2v) is 6.36. The van der Waals surface area contributed by atoms with Gasteiger partial charge in [-0.2, -0.15) is 0 Å². The Bertz CT molecular complexity index is 651. The minimum absolute atomic E-state index is 0.0417. The molecule has 24 heavy (non-hydrogen) atoms. The smallest absolute Gasteiger partial charge is 0.220 e. The minimum Gasteiger partial charge on any atom is -0.345 e. The summed E-state index contributed by atoms with van der Waals surface area (Å²) in [5, 5.41) is 6.44. The lowest BCUT2D eigenvalue weighted by atomic mass is 9.97. The summed E-state index contributed by atoms with van der Waals surface area (Å²) in [6.07, 6.45) is 2.58. The number of amides is 1. The lowest BCUT2D eigenvalue weighted by Crippen LogP contribution is -2.29. The van der Waals surface area contributed by atoms with Gasteiger partial charge in [0, 0.05) is 6.42 Å². The van der Waals surface area contributed by atoms with Crippen LogP contribution in [0.1, 0.15) is 36.4 Å². The predicted octanol–water partition coefficient (Wildman–Crippen LogP) is 3.42. The van der Waals surface area contributed by atoms with Gasteiger partial charge in [0.2, 0.25) is 5.91 Å².